The Hall–Kier alpha value is -2.17. The molecule has 0 aromatic heterocycles. The van der Waals surface area contributed by atoms with E-state index in [1.807, 2.05) is 18.2 Å². The molecule has 3 aliphatic rings. The van der Waals surface area contributed by atoms with E-state index in [9.17, 15) is 4.39 Å². The van der Waals surface area contributed by atoms with Crippen molar-refractivity contribution in [3.63, 3.8) is 0 Å². The average molecular weight is 366 g/mol. The van der Waals surface area contributed by atoms with Gasteiger partial charge in [-0.05, 0) is 36.1 Å². The average Bonchev–Trinajstić information content (AvgIpc) is 2.69. The Morgan fingerprint density at radius 3 is 2.37 bits per heavy atom. The largest absolute Gasteiger partial charge is 0.497 e. The molecule has 1 fully saturated rings. The highest BCUT2D eigenvalue weighted by Crippen LogP contribution is 2.30. The quantitative estimate of drug-likeness (QED) is 0.780. The summed E-state index contributed by atoms with van der Waals surface area (Å²) in [5.41, 5.74) is 2.50. The zero-order valence-corrected chi connectivity index (χ0v) is 15.9. The SMILES string of the molecule is COc1ccc(CN2C[C@@H]3CC/C=C(/F)[C@H]2CN3Cc2ccccc2)cc1. The molecule has 1 saturated heterocycles. The van der Waals surface area contributed by atoms with Crippen LogP contribution in [-0.4, -0.2) is 42.1 Å². The molecule has 5 rings (SSSR count). The fourth-order valence-electron chi connectivity index (χ4n) is 4.24. The third-order valence-corrected chi connectivity index (χ3v) is 5.74. The Morgan fingerprint density at radius 1 is 0.926 bits per heavy atom. The maximum absolute atomic E-state index is 14.9. The highest BCUT2D eigenvalue weighted by atomic mass is 19.1. The van der Waals surface area contributed by atoms with E-state index in [4.69, 9.17) is 4.74 Å². The third kappa shape index (κ3) is 4.23. The molecular formula is C23H27FN2O. The van der Waals surface area contributed by atoms with E-state index in [0.717, 1.165) is 44.8 Å². The van der Waals surface area contributed by atoms with Crippen LogP contribution in [-0.2, 0) is 13.1 Å². The molecule has 0 saturated carbocycles. The van der Waals surface area contributed by atoms with Gasteiger partial charge in [0.15, 0.2) is 0 Å². The number of nitrogens with zero attached hydrogens (tertiary/aromatic N) is 2. The fourth-order valence-corrected chi connectivity index (χ4v) is 4.24. The lowest BCUT2D eigenvalue weighted by Gasteiger charge is -2.47. The molecule has 0 N–H and O–H groups in total. The van der Waals surface area contributed by atoms with Crippen LogP contribution < -0.4 is 4.74 Å². The second-order valence-corrected chi connectivity index (χ2v) is 7.53. The smallest absolute Gasteiger partial charge is 0.118 e. The lowest BCUT2D eigenvalue weighted by atomic mass is 9.95. The first-order chi connectivity index (χ1) is 13.2. The van der Waals surface area contributed by atoms with Crippen LogP contribution >= 0.6 is 0 Å². The van der Waals surface area contributed by atoms with Gasteiger partial charge in [0, 0.05) is 32.2 Å². The van der Waals surface area contributed by atoms with E-state index in [0.29, 0.717) is 6.04 Å². The van der Waals surface area contributed by atoms with Crippen LogP contribution in [0.5, 0.6) is 5.75 Å². The topological polar surface area (TPSA) is 15.7 Å². The van der Waals surface area contributed by atoms with Crippen molar-refractivity contribution in [3.05, 3.63) is 77.6 Å². The minimum absolute atomic E-state index is 0.0275. The highest BCUT2D eigenvalue weighted by Gasteiger charge is 2.37. The highest BCUT2D eigenvalue weighted by molar-refractivity contribution is 5.27. The van der Waals surface area contributed by atoms with Crippen LogP contribution in [0.25, 0.3) is 0 Å². The summed E-state index contributed by atoms with van der Waals surface area (Å²) < 4.78 is 20.1. The van der Waals surface area contributed by atoms with Crippen LogP contribution in [0.1, 0.15) is 24.0 Å². The molecule has 27 heavy (non-hydrogen) atoms. The molecule has 2 atom stereocenters. The number of benzene rings is 2. The van der Waals surface area contributed by atoms with Crippen molar-refractivity contribution in [1.29, 1.82) is 0 Å². The number of hydrogen-bond donors (Lipinski definition) is 0. The molecule has 2 aromatic carbocycles. The first-order valence-electron chi connectivity index (χ1n) is 9.73. The van der Waals surface area contributed by atoms with Crippen molar-refractivity contribution in [2.75, 3.05) is 20.2 Å². The molecule has 0 spiro atoms. The van der Waals surface area contributed by atoms with Gasteiger partial charge in [0.1, 0.15) is 11.6 Å². The number of rotatable bonds is 5. The van der Waals surface area contributed by atoms with Crippen LogP contribution in [0.2, 0.25) is 0 Å². The molecule has 3 aliphatic heterocycles. The molecule has 0 aliphatic carbocycles. The molecule has 0 unspecified atom stereocenters. The number of methoxy groups -OCH3 is 1. The van der Waals surface area contributed by atoms with Gasteiger partial charge >= 0.3 is 0 Å². The Kier molecular flexibility index (Phi) is 5.55. The van der Waals surface area contributed by atoms with Gasteiger partial charge < -0.3 is 4.74 Å². The number of piperazine rings is 1. The minimum Gasteiger partial charge on any atom is -0.497 e. The molecule has 142 valence electrons. The molecule has 3 nitrogen and oxygen atoms in total. The van der Waals surface area contributed by atoms with Gasteiger partial charge in [0.2, 0.25) is 0 Å². The summed E-state index contributed by atoms with van der Waals surface area (Å²) in [7, 11) is 1.67. The molecule has 0 radical (unpaired) electrons. The Balaban J connectivity index is 1.51. The maximum Gasteiger partial charge on any atom is 0.118 e. The summed E-state index contributed by atoms with van der Waals surface area (Å²) in [6.07, 6.45) is 3.64. The van der Waals surface area contributed by atoms with E-state index >= 15 is 0 Å². The van der Waals surface area contributed by atoms with Gasteiger partial charge in [-0.15, -0.1) is 0 Å². The number of hydrogen-bond acceptors (Lipinski definition) is 3. The number of fused-ring (bicyclic) bond motifs is 4. The van der Waals surface area contributed by atoms with Crippen LogP contribution in [0.4, 0.5) is 4.39 Å². The van der Waals surface area contributed by atoms with Crippen molar-refractivity contribution in [3.8, 4) is 5.75 Å². The second kappa shape index (κ2) is 8.24. The summed E-state index contributed by atoms with van der Waals surface area (Å²) in [6.45, 7) is 3.32. The van der Waals surface area contributed by atoms with E-state index in [2.05, 4.69) is 46.2 Å². The second-order valence-electron chi connectivity index (χ2n) is 7.53. The molecule has 2 bridgehead atoms. The summed E-state index contributed by atoms with van der Waals surface area (Å²) in [4.78, 5) is 4.77. The van der Waals surface area contributed by atoms with Crippen molar-refractivity contribution < 1.29 is 9.13 Å². The van der Waals surface area contributed by atoms with Crippen LogP contribution in [0, 0.1) is 0 Å². The van der Waals surface area contributed by atoms with Gasteiger partial charge in [-0.2, -0.15) is 0 Å². The summed E-state index contributed by atoms with van der Waals surface area (Å²) in [5.74, 6) is 0.882. The molecule has 4 heteroatoms. The lowest BCUT2D eigenvalue weighted by Crippen LogP contribution is -2.58. The molecule has 3 heterocycles. The van der Waals surface area contributed by atoms with E-state index in [1.165, 1.54) is 11.1 Å². The van der Waals surface area contributed by atoms with Crippen molar-refractivity contribution in [2.24, 2.45) is 0 Å². The van der Waals surface area contributed by atoms with Crippen molar-refractivity contribution in [2.45, 2.75) is 38.0 Å². The molecule has 2 aromatic rings. The lowest BCUT2D eigenvalue weighted by molar-refractivity contribution is 0.0165. The van der Waals surface area contributed by atoms with Crippen molar-refractivity contribution >= 4 is 0 Å². The molecule has 0 amide bonds. The standard InChI is InChI=1S/C23H27FN2O/c1-27-21-12-10-19(11-13-21)15-26-16-20-8-5-9-22(24)23(26)17-25(20)14-18-6-3-2-4-7-18/h2-4,6-7,9-13,20,23H,5,8,14-17H2,1H3/b22-9+/t20-,23+/m0/s1. The summed E-state index contributed by atoms with van der Waals surface area (Å²) in [6, 6.07) is 18.9. The zero-order valence-electron chi connectivity index (χ0n) is 15.9. The minimum atomic E-state index is -0.160. The fraction of sp³-hybridized carbons (Fsp3) is 0.391. The monoisotopic (exact) mass is 366 g/mol. The van der Waals surface area contributed by atoms with Gasteiger partial charge in [-0.3, -0.25) is 9.80 Å². The maximum atomic E-state index is 14.9. The first-order valence-corrected chi connectivity index (χ1v) is 9.73. The third-order valence-electron chi connectivity index (χ3n) is 5.74. The van der Waals surface area contributed by atoms with Crippen LogP contribution in [0.15, 0.2) is 66.5 Å². The first kappa shape index (κ1) is 18.2. The Labute approximate surface area is 161 Å². The molecular weight excluding hydrogens is 339 g/mol. The predicted octanol–water partition coefficient (Wildman–Crippen LogP) is 4.40. The van der Waals surface area contributed by atoms with Gasteiger partial charge in [0.05, 0.1) is 13.2 Å². The van der Waals surface area contributed by atoms with E-state index < -0.39 is 0 Å². The van der Waals surface area contributed by atoms with Crippen molar-refractivity contribution in [1.82, 2.24) is 9.80 Å². The Morgan fingerprint density at radius 2 is 1.63 bits per heavy atom. The number of ether oxygens (including phenoxy) is 1. The normalized spacial score (nSPS) is 25.5. The van der Waals surface area contributed by atoms with Gasteiger partial charge in [-0.1, -0.05) is 48.5 Å². The number of allylic oxidation sites excluding steroid dienone is 1. The Bertz CT molecular complexity index is 775. The van der Waals surface area contributed by atoms with E-state index in [-0.39, 0.29) is 11.9 Å². The number of halogens is 1. The summed E-state index contributed by atoms with van der Waals surface area (Å²) >= 11 is 0. The van der Waals surface area contributed by atoms with Gasteiger partial charge in [-0.25, -0.2) is 4.39 Å². The zero-order chi connectivity index (χ0) is 18.6. The summed E-state index contributed by atoms with van der Waals surface area (Å²) in [5, 5.41) is 0. The van der Waals surface area contributed by atoms with E-state index in [1.54, 1.807) is 13.2 Å². The van der Waals surface area contributed by atoms with Crippen LogP contribution in [0.3, 0.4) is 0 Å². The van der Waals surface area contributed by atoms with Gasteiger partial charge in [0.25, 0.3) is 0 Å². The predicted molar refractivity (Wildman–Crippen MR) is 106 cm³/mol.